The number of aromatic nitrogens is 1. The second-order valence-electron chi connectivity index (χ2n) is 10.5. The summed E-state index contributed by atoms with van der Waals surface area (Å²) in [6.07, 6.45) is 0.102. The van der Waals surface area contributed by atoms with Crippen LogP contribution in [0.2, 0.25) is 0 Å². The molecule has 7 nitrogen and oxygen atoms in total. The second kappa shape index (κ2) is 8.78. The fourth-order valence-electron chi connectivity index (χ4n) is 6.77. The summed E-state index contributed by atoms with van der Waals surface area (Å²) in [5.41, 5.74) is 3.60. The molecule has 2 heterocycles. The van der Waals surface area contributed by atoms with Gasteiger partial charge in [0.1, 0.15) is 21.6 Å². The number of halogens is 2. The number of rotatable bonds is 5. The summed E-state index contributed by atoms with van der Waals surface area (Å²) in [5.74, 6) is -2.90. The molecule has 0 unspecified atom stereocenters. The average Bonchev–Trinajstić information content (AvgIpc) is 3.50. The van der Waals surface area contributed by atoms with Gasteiger partial charge >= 0.3 is 0 Å². The molecule has 9 heteroatoms. The lowest BCUT2D eigenvalue weighted by Crippen LogP contribution is -2.57. The standard InChI is InChI=1S/C31H23Cl2N3O4/c1-17-15-24(35-40-17)34-27(37)23(16-18-9-3-2-4-10-18)36-28(38)25-26(29(36)39)31(33)20-12-6-5-11-19(20)30(25,32)21-13-7-8-14-22(21)31/h2-15,23,25-26H,16H2,1H3,(H,34,35,37)/t23-,25-,26+,30?,31?/m1/s1. The number of carbonyl (C=O) groups excluding carboxylic acids is 3. The van der Waals surface area contributed by atoms with E-state index in [0.717, 1.165) is 10.5 Å². The van der Waals surface area contributed by atoms with Gasteiger partial charge in [-0.3, -0.25) is 19.3 Å². The lowest BCUT2D eigenvalue weighted by Gasteiger charge is -2.54. The van der Waals surface area contributed by atoms with Gasteiger partial charge in [0.15, 0.2) is 5.82 Å². The Morgan fingerprint density at radius 3 is 1.80 bits per heavy atom. The zero-order valence-corrected chi connectivity index (χ0v) is 22.8. The molecule has 8 rings (SSSR count). The SMILES string of the molecule is Cc1cc(NC(=O)[C@@H](Cc2ccccc2)N2C(=O)[C@@H]3[C@H](C2=O)C2(Cl)c4ccccc4C3(Cl)c3ccccc32)no1. The lowest BCUT2D eigenvalue weighted by molar-refractivity contribution is -0.146. The number of carbonyl (C=O) groups is 3. The minimum atomic E-state index is -1.33. The number of benzene rings is 3. The van der Waals surface area contributed by atoms with Crippen LogP contribution in [0.15, 0.2) is 89.5 Å². The van der Waals surface area contributed by atoms with Crippen LogP contribution in [0, 0.1) is 18.8 Å². The van der Waals surface area contributed by atoms with E-state index in [-0.39, 0.29) is 12.2 Å². The van der Waals surface area contributed by atoms with Crippen LogP contribution < -0.4 is 5.32 Å². The van der Waals surface area contributed by atoms with Gasteiger partial charge in [-0.05, 0) is 34.7 Å². The summed E-state index contributed by atoms with van der Waals surface area (Å²) in [5, 5.41) is 6.57. The minimum absolute atomic E-state index is 0.102. The molecule has 1 fully saturated rings. The van der Waals surface area contributed by atoms with E-state index in [1.54, 1.807) is 13.0 Å². The molecule has 40 heavy (non-hydrogen) atoms. The Kier molecular flexibility index (Phi) is 5.50. The predicted octanol–water partition coefficient (Wildman–Crippen LogP) is 5.13. The van der Waals surface area contributed by atoms with Crippen LogP contribution in [0.3, 0.4) is 0 Å². The highest BCUT2D eigenvalue weighted by Gasteiger charge is 2.73. The van der Waals surface area contributed by atoms with Gasteiger partial charge in [-0.25, -0.2) is 0 Å². The van der Waals surface area contributed by atoms with Crippen molar-refractivity contribution in [3.05, 3.63) is 119 Å². The number of hydrogen-bond donors (Lipinski definition) is 1. The Bertz CT molecular complexity index is 1580. The van der Waals surface area contributed by atoms with Gasteiger partial charge in [0, 0.05) is 12.5 Å². The van der Waals surface area contributed by atoms with Gasteiger partial charge in [-0.15, -0.1) is 23.2 Å². The van der Waals surface area contributed by atoms with Crippen molar-refractivity contribution in [2.45, 2.75) is 29.1 Å². The summed E-state index contributed by atoms with van der Waals surface area (Å²) in [4.78, 5) is 41.1. The van der Waals surface area contributed by atoms with E-state index < -0.39 is 45.3 Å². The topological polar surface area (TPSA) is 92.5 Å². The molecule has 1 aliphatic heterocycles. The minimum Gasteiger partial charge on any atom is -0.360 e. The molecule has 0 saturated carbocycles. The molecule has 3 aliphatic carbocycles. The van der Waals surface area contributed by atoms with Crippen LogP contribution in [0.5, 0.6) is 0 Å². The molecular formula is C31H23Cl2N3O4. The normalized spacial score (nSPS) is 26.7. The first-order chi connectivity index (χ1) is 19.3. The Morgan fingerprint density at radius 2 is 1.35 bits per heavy atom. The summed E-state index contributed by atoms with van der Waals surface area (Å²) in [7, 11) is 0. The molecule has 3 atom stereocenters. The molecule has 1 aromatic heterocycles. The number of nitrogens with one attached hydrogen (secondary N) is 1. The smallest absolute Gasteiger partial charge is 0.249 e. The monoisotopic (exact) mass is 571 g/mol. The molecule has 0 spiro atoms. The van der Waals surface area contributed by atoms with Crippen molar-refractivity contribution < 1.29 is 18.9 Å². The Hall–Kier alpha value is -3.94. The van der Waals surface area contributed by atoms with E-state index in [0.29, 0.717) is 28.0 Å². The highest BCUT2D eigenvalue weighted by atomic mass is 35.5. The van der Waals surface area contributed by atoms with Gasteiger partial charge in [-0.1, -0.05) is 84.0 Å². The van der Waals surface area contributed by atoms with Crippen molar-refractivity contribution in [1.82, 2.24) is 10.1 Å². The van der Waals surface area contributed by atoms with Crippen molar-refractivity contribution in [1.29, 1.82) is 0 Å². The summed E-state index contributed by atoms with van der Waals surface area (Å²) < 4.78 is 5.10. The molecule has 4 aromatic rings. The number of hydrogen-bond acceptors (Lipinski definition) is 5. The highest BCUT2D eigenvalue weighted by Crippen LogP contribution is 2.69. The fraction of sp³-hybridized carbons (Fsp3) is 0.226. The molecule has 1 saturated heterocycles. The Morgan fingerprint density at radius 1 is 0.875 bits per heavy atom. The third kappa shape index (κ3) is 3.25. The number of anilines is 1. The van der Waals surface area contributed by atoms with Gasteiger partial charge in [-0.2, -0.15) is 0 Å². The van der Waals surface area contributed by atoms with Crippen LogP contribution in [0.25, 0.3) is 0 Å². The van der Waals surface area contributed by atoms with Crippen LogP contribution >= 0.6 is 23.2 Å². The fourth-order valence-corrected chi connectivity index (χ4v) is 7.87. The van der Waals surface area contributed by atoms with E-state index in [9.17, 15) is 14.4 Å². The van der Waals surface area contributed by atoms with Gasteiger partial charge in [0.05, 0.1) is 11.8 Å². The maximum Gasteiger partial charge on any atom is 0.249 e. The number of aryl methyl sites for hydroxylation is 1. The van der Waals surface area contributed by atoms with Gasteiger partial charge in [0.2, 0.25) is 17.7 Å². The van der Waals surface area contributed by atoms with Crippen molar-refractivity contribution in [3.63, 3.8) is 0 Å². The molecule has 200 valence electrons. The number of imide groups is 1. The maximum atomic E-state index is 14.4. The third-order valence-electron chi connectivity index (χ3n) is 8.38. The first kappa shape index (κ1) is 25.1. The molecule has 1 N–H and O–H groups in total. The molecule has 4 aliphatic rings. The van der Waals surface area contributed by atoms with E-state index in [4.69, 9.17) is 27.7 Å². The van der Waals surface area contributed by atoms with Crippen molar-refractivity contribution in [2.75, 3.05) is 5.32 Å². The van der Waals surface area contributed by atoms with Crippen LogP contribution in [-0.2, 0) is 30.6 Å². The van der Waals surface area contributed by atoms with Crippen LogP contribution in [-0.4, -0.2) is 33.8 Å². The highest BCUT2D eigenvalue weighted by molar-refractivity contribution is 6.36. The molecule has 2 bridgehead atoms. The average molecular weight is 572 g/mol. The third-order valence-corrected chi connectivity index (χ3v) is 9.67. The van der Waals surface area contributed by atoms with E-state index >= 15 is 0 Å². The number of alkyl halides is 2. The lowest BCUT2D eigenvalue weighted by atomic mass is 9.54. The van der Waals surface area contributed by atoms with E-state index in [1.165, 1.54) is 0 Å². The number of nitrogens with zero attached hydrogens (tertiary/aromatic N) is 2. The zero-order chi connectivity index (χ0) is 27.8. The van der Waals surface area contributed by atoms with Crippen molar-refractivity contribution in [2.24, 2.45) is 11.8 Å². The molecular weight excluding hydrogens is 549 g/mol. The molecule has 3 amide bonds. The molecule has 3 aromatic carbocycles. The summed E-state index contributed by atoms with van der Waals surface area (Å²) in [6, 6.07) is 24.5. The second-order valence-corrected chi connectivity index (χ2v) is 11.7. The Balaban J connectivity index is 1.37. The number of amides is 3. The van der Waals surface area contributed by atoms with Gasteiger partial charge in [0.25, 0.3) is 0 Å². The predicted molar refractivity (Wildman–Crippen MR) is 149 cm³/mol. The molecule has 0 radical (unpaired) electrons. The maximum absolute atomic E-state index is 14.4. The van der Waals surface area contributed by atoms with E-state index in [2.05, 4.69) is 10.5 Å². The van der Waals surface area contributed by atoms with Crippen LogP contribution in [0.1, 0.15) is 33.6 Å². The first-order valence-electron chi connectivity index (χ1n) is 13.0. The number of likely N-dealkylation sites (tertiary alicyclic amines) is 1. The van der Waals surface area contributed by atoms with E-state index in [1.807, 2.05) is 78.9 Å². The van der Waals surface area contributed by atoms with Crippen molar-refractivity contribution in [3.8, 4) is 0 Å². The quantitative estimate of drug-likeness (QED) is 0.265. The van der Waals surface area contributed by atoms with Crippen molar-refractivity contribution >= 4 is 46.7 Å². The Labute approximate surface area is 240 Å². The largest absolute Gasteiger partial charge is 0.360 e. The first-order valence-corrected chi connectivity index (χ1v) is 13.7. The van der Waals surface area contributed by atoms with Crippen LogP contribution in [0.4, 0.5) is 5.82 Å². The summed E-state index contributed by atoms with van der Waals surface area (Å²) >= 11 is 15.1. The van der Waals surface area contributed by atoms with Gasteiger partial charge < -0.3 is 9.84 Å². The zero-order valence-electron chi connectivity index (χ0n) is 21.3. The summed E-state index contributed by atoms with van der Waals surface area (Å²) in [6.45, 7) is 1.70.